The molecule has 3 aromatic rings. The Bertz CT molecular complexity index is 749. The van der Waals surface area contributed by atoms with Crippen LogP contribution in [0.1, 0.15) is 22.4 Å². The number of nitrogens with zero attached hydrogens (tertiary/aromatic N) is 3. The minimum absolute atomic E-state index is 0.691. The first kappa shape index (κ1) is 13.1. The van der Waals surface area contributed by atoms with E-state index in [1.165, 1.54) is 16.8 Å². The molecule has 3 heteroatoms. The highest BCUT2D eigenvalue weighted by Crippen LogP contribution is 2.12. The van der Waals surface area contributed by atoms with Crippen molar-refractivity contribution >= 4 is 0 Å². The van der Waals surface area contributed by atoms with Gasteiger partial charge in [0.2, 0.25) is 0 Å². The summed E-state index contributed by atoms with van der Waals surface area (Å²) in [6.07, 6.45) is 4.59. The van der Waals surface area contributed by atoms with Crippen LogP contribution in [-0.2, 0) is 13.0 Å². The van der Waals surface area contributed by atoms with E-state index >= 15 is 0 Å². The average Bonchev–Trinajstić information content (AvgIpc) is 2.96. The van der Waals surface area contributed by atoms with Gasteiger partial charge in [-0.05, 0) is 23.3 Å². The molecule has 21 heavy (non-hydrogen) atoms. The second kappa shape index (κ2) is 6.06. The van der Waals surface area contributed by atoms with Crippen LogP contribution in [0.15, 0.2) is 67.1 Å². The summed E-state index contributed by atoms with van der Waals surface area (Å²) in [5, 5.41) is 8.83. The Morgan fingerprint density at radius 2 is 1.71 bits per heavy atom. The Kier molecular flexibility index (Phi) is 3.79. The highest BCUT2D eigenvalue weighted by molar-refractivity contribution is 5.33. The molecular formula is C18H15N3. The monoisotopic (exact) mass is 273 g/mol. The lowest BCUT2D eigenvalue weighted by Crippen LogP contribution is -2.03. The minimum Gasteiger partial charge on any atom is -0.330 e. The van der Waals surface area contributed by atoms with Crippen LogP contribution in [-0.4, -0.2) is 9.55 Å². The van der Waals surface area contributed by atoms with E-state index in [4.69, 9.17) is 5.26 Å². The fourth-order valence-electron chi connectivity index (χ4n) is 2.32. The molecular weight excluding hydrogens is 258 g/mol. The van der Waals surface area contributed by atoms with Gasteiger partial charge in [0.25, 0.3) is 0 Å². The van der Waals surface area contributed by atoms with Gasteiger partial charge >= 0.3 is 0 Å². The van der Waals surface area contributed by atoms with E-state index in [1.807, 2.05) is 55.0 Å². The minimum atomic E-state index is 0.691. The van der Waals surface area contributed by atoms with Crippen molar-refractivity contribution < 1.29 is 0 Å². The predicted molar refractivity (Wildman–Crippen MR) is 81.7 cm³/mol. The molecule has 102 valence electrons. The molecule has 1 aromatic heterocycles. The molecule has 3 nitrogen and oxygen atoms in total. The molecule has 0 aliphatic heterocycles. The number of hydrogen-bond donors (Lipinski definition) is 0. The van der Waals surface area contributed by atoms with Crippen LogP contribution in [0.3, 0.4) is 0 Å². The molecule has 0 radical (unpaired) electrons. The zero-order valence-electron chi connectivity index (χ0n) is 11.6. The van der Waals surface area contributed by atoms with Gasteiger partial charge in [0.05, 0.1) is 18.0 Å². The average molecular weight is 273 g/mol. The maximum atomic E-state index is 8.83. The van der Waals surface area contributed by atoms with Crippen molar-refractivity contribution in [1.82, 2.24) is 9.55 Å². The lowest BCUT2D eigenvalue weighted by molar-refractivity contribution is 0.753. The number of hydrogen-bond acceptors (Lipinski definition) is 2. The van der Waals surface area contributed by atoms with Crippen molar-refractivity contribution in [3.63, 3.8) is 0 Å². The molecule has 1 heterocycles. The zero-order valence-corrected chi connectivity index (χ0v) is 11.6. The van der Waals surface area contributed by atoms with Crippen molar-refractivity contribution in [3.8, 4) is 6.07 Å². The SMILES string of the molecule is N#Cc1ccc(Cc2cncn2Cc2ccccc2)cc1. The first-order valence-electron chi connectivity index (χ1n) is 6.87. The number of imidazole rings is 1. The third-order valence-electron chi connectivity index (χ3n) is 3.46. The third-order valence-corrected chi connectivity index (χ3v) is 3.46. The molecule has 0 bridgehead atoms. The standard InChI is InChI=1S/C18H15N3/c19-11-16-8-6-15(7-9-16)10-18-12-20-14-21(18)13-17-4-2-1-3-5-17/h1-9,12,14H,10,13H2. The van der Waals surface area contributed by atoms with Crippen LogP contribution >= 0.6 is 0 Å². The molecule has 0 amide bonds. The number of rotatable bonds is 4. The smallest absolute Gasteiger partial charge is 0.0991 e. The van der Waals surface area contributed by atoms with Crippen molar-refractivity contribution in [3.05, 3.63) is 89.5 Å². The first-order valence-corrected chi connectivity index (χ1v) is 6.87. The van der Waals surface area contributed by atoms with Gasteiger partial charge in [-0.2, -0.15) is 5.26 Å². The molecule has 0 atom stereocenters. The highest BCUT2D eigenvalue weighted by atomic mass is 15.0. The lowest BCUT2D eigenvalue weighted by Gasteiger charge is -2.08. The van der Waals surface area contributed by atoms with Gasteiger partial charge in [-0.15, -0.1) is 0 Å². The Balaban J connectivity index is 1.77. The van der Waals surface area contributed by atoms with Crippen LogP contribution < -0.4 is 0 Å². The maximum absolute atomic E-state index is 8.83. The lowest BCUT2D eigenvalue weighted by atomic mass is 10.1. The normalized spacial score (nSPS) is 10.2. The van der Waals surface area contributed by atoms with Crippen LogP contribution in [0.25, 0.3) is 0 Å². The quantitative estimate of drug-likeness (QED) is 0.731. The van der Waals surface area contributed by atoms with Crippen LogP contribution in [0.4, 0.5) is 0 Å². The predicted octanol–water partition coefficient (Wildman–Crippen LogP) is 3.39. The van der Waals surface area contributed by atoms with E-state index in [0.29, 0.717) is 5.56 Å². The summed E-state index contributed by atoms with van der Waals surface area (Å²) in [4.78, 5) is 4.26. The number of aromatic nitrogens is 2. The van der Waals surface area contributed by atoms with E-state index in [9.17, 15) is 0 Å². The van der Waals surface area contributed by atoms with Crippen LogP contribution in [0.2, 0.25) is 0 Å². The molecule has 0 aliphatic carbocycles. The van der Waals surface area contributed by atoms with Crippen molar-refractivity contribution in [1.29, 1.82) is 5.26 Å². The molecule has 0 saturated carbocycles. The number of benzene rings is 2. The Morgan fingerprint density at radius 1 is 0.952 bits per heavy atom. The second-order valence-corrected chi connectivity index (χ2v) is 4.98. The van der Waals surface area contributed by atoms with E-state index in [0.717, 1.165) is 13.0 Å². The maximum Gasteiger partial charge on any atom is 0.0991 e. The molecule has 0 fully saturated rings. The molecule has 0 saturated heterocycles. The third kappa shape index (κ3) is 3.18. The van der Waals surface area contributed by atoms with E-state index < -0.39 is 0 Å². The first-order chi connectivity index (χ1) is 10.3. The van der Waals surface area contributed by atoms with Gasteiger partial charge in [-0.25, -0.2) is 4.98 Å². The summed E-state index contributed by atoms with van der Waals surface area (Å²) in [6, 6.07) is 20.2. The Hall–Kier alpha value is -2.86. The summed E-state index contributed by atoms with van der Waals surface area (Å²) in [7, 11) is 0. The fraction of sp³-hybridized carbons (Fsp3) is 0.111. The Morgan fingerprint density at radius 3 is 2.43 bits per heavy atom. The van der Waals surface area contributed by atoms with Crippen molar-refractivity contribution in [2.45, 2.75) is 13.0 Å². The second-order valence-electron chi connectivity index (χ2n) is 4.98. The van der Waals surface area contributed by atoms with Crippen molar-refractivity contribution in [2.75, 3.05) is 0 Å². The summed E-state index contributed by atoms with van der Waals surface area (Å²) < 4.78 is 2.16. The van der Waals surface area contributed by atoms with Gasteiger partial charge in [0.15, 0.2) is 0 Å². The van der Waals surface area contributed by atoms with Crippen LogP contribution in [0, 0.1) is 11.3 Å². The molecule has 0 N–H and O–H groups in total. The van der Waals surface area contributed by atoms with Crippen LogP contribution in [0.5, 0.6) is 0 Å². The summed E-state index contributed by atoms with van der Waals surface area (Å²) in [6.45, 7) is 0.826. The topological polar surface area (TPSA) is 41.6 Å². The zero-order chi connectivity index (χ0) is 14.5. The van der Waals surface area contributed by atoms with E-state index in [2.05, 4.69) is 27.8 Å². The number of nitriles is 1. The van der Waals surface area contributed by atoms with Gasteiger partial charge < -0.3 is 4.57 Å². The summed E-state index contributed by atoms with van der Waals surface area (Å²) >= 11 is 0. The highest BCUT2D eigenvalue weighted by Gasteiger charge is 2.04. The molecule has 2 aromatic carbocycles. The van der Waals surface area contributed by atoms with Gasteiger partial charge in [-0.3, -0.25) is 0 Å². The van der Waals surface area contributed by atoms with Gasteiger partial charge in [-0.1, -0.05) is 42.5 Å². The summed E-state index contributed by atoms with van der Waals surface area (Å²) in [5.74, 6) is 0. The van der Waals surface area contributed by atoms with Gasteiger partial charge in [0.1, 0.15) is 0 Å². The Labute approximate surface area is 124 Å². The molecule has 0 unspecified atom stereocenters. The van der Waals surface area contributed by atoms with E-state index in [-0.39, 0.29) is 0 Å². The molecule has 0 aliphatic rings. The van der Waals surface area contributed by atoms with Crippen molar-refractivity contribution in [2.24, 2.45) is 0 Å². The fourth-order valence-corrected chi connectivity index (χ4v) is 2.32. The largest absolute Gasteiger partial charge is 0.330 e. The summed E-state index contributed by atoms with van der Waals surface area (Å²) in [5.41, 5.74) is 4.31. The van der Waals surface area contributed by atoms with Gasteiger partial charge in [0, 0.05) is 24.9 Å². The molecule has 3 rings (SSSR count). The molecule has 0 spiro atoms. The van der Waals surface area contributed by atoms with E-state index in [1.54, 1.807) is 0 Å².